The molecule has 3 heterocycles. The van der Waals surface area contributed by atoms with Crippen LogP contribution in [0.25, 0.3) is 22.2 Å². The summed E-state index contributed by atoms with van der Waals surface area (Å²) in [6.45, 7) is 9.62. The van der Waals surface area contributed by atoms with Crippen molar-refractivity contribution in [1.82, 2.24) is 30.3 Å². The second kappa shape index (κ2) is 15.1. The number of nitrogens with zero attached hydrogens (tertiary/aromatic N) is 4. The Morgan fingerprint density at radius 3 is 2.75 bits per heavy atom. The molecule has 3 atom stereocenters. The van der Waals surface area contributed by atoms with Crippen LogP contribution in [0.4, 0.5) is 4.79 Å². The standard InChI is InChI=1S/C36H48N6O6/c1-7-47-34(44)36-19-26(36)12-10-8-9-11-16-41(5)35(45)39-28(33(43)40-36)15-17-48-31-18-29(25-20-37-42(22-25)21-23(2)3)38-32-24(4)30(46-6)14-13-27(31)32/h10,12-14,18,20,22-23,26,28H,7-9,11,15-17,19,21H2,1-6H3,(H,39,45)(H,40,43)/b12-10-/t26-,28+,36-/m1/s1. The third kappa shape index (κ3) is 7.74. The van der Waals surface area contributed by atoms with Crippen molar-refractivity contribution in [3.05, 3.63) is 48.3 Å². The second-order valence-electron chi connectivity index (χ2n) is 13.1. The van der Waals surface area contributed by atoms with E-state index in [9.17, 15) is 14.4 Å². The molecule has 3 amide bonds. The summed E-state index contributed by atoms with van der Waals surface area (Å²) in [5.41, 5.74) is 2.00. The molecule has 1 aliphatic heterocycles. The molecular weight excluding hydrogens is 612 g/mol. The molecule has 3 aromatic rings. The highest BCUT2D eigenvalue weighted by atomic mass is 16.5. The van der Waals surface area contributed by atoms with Gasteiger partial charge in [-0.1, -0.05) is 26.0 Å². The van der Waals surface area contributed by atoms with E-state index >= 15 is 0 Å². The average molecular weight is 661 g/mol. The summed E-state index contributed by atoms with van der Waals surface area (Å²) in [5, 5.41) is 11.1. The van der Waals surface area contributed by atoms with Crippen molar-refractivity contribution in [2.45, 2.75) is 77.9 Å². The number of rotatable bonds is 10. The van der Waals surface area contributed by atoms with Gasteiger partial charge in [-0.05, 0) is 57.6 Å². The van der Waals surface area contributed by atoms with Crippen LogP contribution in [0.15, 0.2) is 42.7 Å². The summed E-state index contributed by atoms with van der Waals surface area (Å²) in [7, 11) is 3.34. The van der Waals surface area contributed by atoms with Gasteiger partial charge in [0.05, 0.1) is 37.7 Å². The minimum absolute atomic E-state index is 0.105. The van der Waals surface area contributed by atoms with E-state index in [0.717, 1.165) is 47.8 Å². The zero-order valence-corrected chi connectivity index (χ0v) is 28.9. The highest BCUT2D eigenvalue weighted by molar-refractivity contribution is 5.95. The maximum absolute atomic E-state index is 13.8. The molecule has 1 saturated carbocycles. The van der Waals surface area contributed by atoms with Gasteiger partial charge in [0.15, 0.2) is 0 Å². The number of urea groups is 1. The number of aryl methyl sites for hydroxylation is 1. The third-order valence-electron chi connectivity index (χ3n) is 8.96. The smallest absolute Gasteiger partial charge is 0.332 e. The predicted molar refractivity (Wildman–Crippen MR) is 183 cm³/mol. The minimum Gasteiger partial charge on any atom is -0.496 e. The van der Waals surface area contributed by atoms with Gasteiger partial charge in [0.25, 0.3) is 0 Å². The summed E-state index contributed by atoms with van der Waals surface area (Å²) < 4.78 is 19.2. The summed E-state index contributed by atoms with van der Waals surface area (Å²) >= 11 is 0. The minimum atomic E-state index is -1.14. The highest BCUT2D eigenvalue weighted by Crippen LogP contribution is 2.46. The Morgan fingerprint density at radius 1 is 1.19 bits per heavy atom. The number of esters is 1. The van der Waals surface area contributed by atoms with Gasteiger partial charge in [-0.3, -0.25) is 9.48 Å². The van der Waals surface area contributed by atoms with Crippen molar-refractivity contribution in [3.63, 3.8) is 0 Å². The van der Waals surface area contributed by atoms with Gasteiger partial charge in [0.2, 0.25) is 5.91 Å². The Bertz CT molecular complexity index is 1670. The number of hydrogen-bond acceptors (Lipinski definition) is 8. The molecule has 2 aliphatic rings. The van der Waals surface area contributed by atoms with E-state index in [1.165, 1.54) is 0 Å². The molecule has 1 aromatic carbocycles. The maximum atomic E-state index is 13.8. The lowest BCUT2D eigenvalue weighted by atomic mass is 10.1. The maximum Gasteiger partial charge on any atom is 0.332 e. The number of amides is 3. The number of aromatic nitrogens is 3. The van der Waals surface area contributed by atoms with E-state index in [-0.39, 0.29) is 31.6 Å². The lowest BCUT2D eigenvalue weighted by molar-refractivity contribution is -0.149. The number of carbonyl (C=O) groups is 3. The van der Waals surface area contributed by atoms with Gasteiger partial charge in [0, 0.05) is 61.3 Å². The molecular formula is C36H48N6O6. The van der Waals surface area contributed by atoms with Crippen molar-refractivity contribution in [1.29, 1.82) is 0 Å². The lowest BCUT2D eigenvalue weighted by Crippen LogP contribution is -2.56. The van der Waals surface area contributed by atoms with Gasteiger partial charge in [-0.15, -0.1) is 0 Å². The van der Waals surface area contributed by atoms with Crippen LogP contribution in [0, 0.1) is 18.8 Å². The fraction of sp³-hybridized carbons (Fsp3) is 0.528. The highest BCUT2D eigenvalue weighted by Gasteiger charge is 2.61. The Hall–Kier alpha value is -4.61. The SMILES string of the molecule is CCOC(=O)[C@@]12C[C@H]1/C=C\CCCCN(C)C(=O)N[C@@H](CCOc1cc(-c3cnn(CC(C)C)c3)nc3c(C)c(OC)ccc13)C(=O)N2. The van der Waals surface area contributed by atoms with Crippen LogP contribution in [-0.2, 0) is 20.9 Å². The Kier molecular flexibility index (Phi) is 10.9. The number of fused-ring (bicyclic) bond motifs is 2. The zero-order valence-electron chi connectivity index (χ0n) is 28.9. The van der Waals surface area contributed by atoms with E-state index in [2.05, 4.69) is 35.7 Å². The van der Waals surface area contributed by atoms with Crippen LogP contribution < -0.4 is 20.1 Å². The molecule has 2 aromatic heterocycles. The number of pyridine rings is 1. The van der Waals surface area contributed by atoms with Crippen molar-refractivity contribution < 1.29 is 28.6 Å². The summed E-state index contributed by atoms with van der Waals surface area (Å²) in [5.74, 6) is 0.643. The molecule has 0 unspecified atom stereocenters. The number of carbonyl (C=O) groups excluding carboxylic acids is 3. The number of methoxy groups -OCH3 is 1. The fourth-order valence-electron chi connectivity index (χ4n) is 6.14. The molecule has 12 heteroatoms. The average Bonchev–Trinajstić information content (AvgIpc) is 3.55. The molecule has 0 radical (unpaired) electrons. The van der Waals surface area contributed by atoms with E-state index < -0.39 is 23.5 Å². The first-order chi connectivity index (χ1) is 23.1. The summed E-state index contributed by atoms with van der Waals surface area (Å²) in [6.07, 6.45) is 11.0. The van der Waals surface area contributed by atoms with Crippen molar-refractivity contribution in [2.75, 3.05) is 33.9 Å². The molecule has 5 rings (SSSR count). The number of hydrogen-bond donors (Lipinski definition) is 2. The van der Waals surface area contributed by atoms with Crippen molar-refractivity contribution in [2.24, 2.45) is 11.8 Å². The van der Waals surface area contributed by atoms with Gasteiger partial charge in [-0.25, -0.2) is 14.6 Å². The molecule has 0 saturated heterocycles. The van der Waals surface area contributed by atoms with E-state index in [1.54, 1.807) is 32.2 Å². The first kappa shape index (κ1) is 34.7. The zero-order chi connectivity index (χ0) is 34.4. The van der Waals surface area contributed by atoms with Crippen LogP contribution >= 0.6 is 0 Å². The van der Waals surface area contributed by atoms with Gasteiger partial charge < -0.3 is 29.7 Å². The summed E-state index contributed by atoms with van der Waals surface area (Å²) in [4.78, 5) is 46.6. The molecule has 0 bridgehead atoms. The molecule has 0 spiro atoms. The topological polar surface area (TPSA) is 137 Å². The summed E-state index contributed by atoms with van der Waals surface area (Å²) in [6, 6.07) is 4.34. The number of benzene rings is 1. The first-order valence-electron chi connectivity index (χ1n) is 16.9. The van der Waals surface area contributed by atoms with E-state index in [1.807, 2.05) is 42.1 Å². The first-order valence-corrected chi connectivity index (χ1v) is 16.9. The van der Waals surface area contributed by atoms with Gasteiger partial charge >= 0.3 is 12.0 Å². The Morgan fingerprint density at radius 2 is 2.00 bits per heavy atom. The van der Waals surface area contributed by atoms with Crippen LogP contribution in [-0.4, -0.2) is 83.1 Å². The van der Waals surface area contributed by atoms with Crippen LogP contribution in [0.5, 0.6) is 11.5 Å². The Balaban J connectivity index is 1.41. The fourth-order valence-corrected chi connectivity index (χ4v) is 6.14. The molecule has 258 valence electrons. The van der Waals surface area contributed by atoms with Crippen molar-refractivity contribution >= 4 is 28.8 Å². The van der Waals surface area contributed by atoms with Crippen molar-refractivity contribution in [3.8, 4) is 22.8 Å². The normalized spacial score (nSPS) is 22.4. The molecule has 2 N–H and O–H groups in total. The molecule has 12 nitrogen and oxygen atoms in total. The van der Waals surface area contributed by atoms with E-state index in [4.69, 9.17) is 19.2 Å². The van der Waals surface area contributed by atoms with Crippen LogP contribution in [0.2, 0.25) is 0 Å². The molecule has 48 heavy (non-hydrogen) atoms. The van der Waals surface area contributed by atoms with Gasteiger partial charge in [-0.2, -0.15) is 5.10 Å². The van der Waals surface area contributed by atoms with Gasteiger partial charge in [0.1, 0.15) is 23.1 Å². The quantitative estimate of drug-likeness (QED) is 0.228. The van der Waals surface area contributed by atoms with E-state index in [0.29, 0.717) is 36.1 Å². The largest absolute Gasteiger partial charge is 0.496 e. The Labute approximate surface area is 282 Å². The number of ether oxygens (including phenoxy) is 3. The van der Waals surface area contributed by atoms with Crippen LogP contribution in [0.1, 0.15) is 58.4 Å². The second-order valence-corrected chi connectivity index (χ2v) is 13.1. The third-order valence-corrected chi connectivity index (χ3v) is 8.96. The number of allylic oxidation sites excluding steroid dienone is 1. The molecule has 1 fully saturated rings. The lowest BCUT2D eigenvalue weighted by Gasteiger charge is -2.26. The van der Waals surface area contributed by atoms with Crippen LogP contribution in [0.3, 0.4) is 0 Å². The monoisotopic (exact) mass is 660 g/mol. The predicted octanol–water partition coefficient (Wildman–Crippen LogP) is 5.03. The number of nitrogens with one attached hydrogen (secondary N) is 2. The molecule has 1 aliphatic carbocycles.